The Morgan fingerprint density at radius 3 is 2.68 bits per heavy atom. The molecule has 2 N–H and O–H groups in total. The molecule has 1 rings (SSSR count). The molecule has 1 aromatic rings. The van der Waals surface area contributed by atoms with Gasteiger partial charge in [-0.05, 0) is 25.5 Å². The molecular weight excluding hydrogens is 263 g/mol. The van der Waals surface area contributed by atoms with Gasteiger partial charge in [-0.2, -0.15) is 8.78 Å². The molecule has 1 unspecified atom stereocenters. The van der Waals surface area contributed by atoms with Gasteiger partial charge in [0.05, 0.1) is 6.10 Å². The van der Waals surface area contributed by atoms with E-state index >= 15 is 0 Å². The van der Waals surface area contributed by atoms with Gasteiger partial charge in [0.2, 0.25) is 5.91 Å². The number of alkyl halides is 2. The minimum atomic E-state index is -3.11. The lowest BCUT2D eigenvalue weighted by atomic mass is 10.2. The molecule has 0 bridgehead atoms. The molecule has 0 radical (unpaired) electrons. The second kappa shape index (κ2) is 6.98. The van der Waals surface area contributed by atoms with Gasteiger partial charge in [0, 0.05) is 18.2 Å². The van der Waals surface area contributed by atoms with E-state index in [1.54, 1.807) is 6.92 Å². The first-order valence-corrected chi connectivity index (χ1v) is 5.60. The van der Waals surface area contributed by atoms with Gasteiger partial charge < -0.3 is 15.2 Å². The molecule has 0 aliphatic heterocycles. The van der Waals surface area contributed by atoms with Crippen LogP contribution in [0.5, 0.6) is 5.75 Å². The summed E-state index contributed by atoms with van der Waals surface area (Å²) in [5, 5.41) is 11.4. The average molecular weight is 277 g/mol. The molecule has 0 spiro atoms. The fourth-order valence-corrected chi connectivity index (χ4v) is 1.33. The molecule has 0 saturated carbocycles. The third-order valence-corrected chi connectivity index (χ3v) is 2.22. The predicted octanol–water partition coefficient (Wildman–Crippen LogP) is 2.53. The minimum Gasteiger partial charge on any atom is -0.432 e. The summed E-state index contributed by atoms with van der Waals surface area (Å²) >= 11 is 0. The highest BCUT2D eigenvalue weighted by molar-refractivity contribution is 5.90. The molecule has 4 nitrogen and oxygen atoms in total. The fourth-order valence-electron chi connectivity index (χ4n) is 1.33. The maximum Gasteiger partial charge on any atom is 0.387 e. The number of hydrogen-bond donors (Lipinski definition) is 2. The van der Waals surface area contributed by atoms with Gasteiger partial charge in [0.25, 0.3) is 0 Å². The standard InChI is InChI=1S/C12H14F3NO3/c1-7(17)2-5-11(18)16-8-3-4-10(9(13)6-8)19-12(14)15/h3-4,6-7,12,17H,2,5H2,1H3,(H,16,18). The Balaban J connectivity index is 2.60. The van der Waals surface area contributed by atoms with E-state index in [0.29, 0.717) is 0 Å². The molecule has 0 saturated heterocycles. The highest BCUT2D eigenvalue weighted by Crippen LogP contribution is 2.22. The zero-order chi connectivity index (χ0) is 14.4. The quantitative estimate of drug-likeness (QED) is 0.840. The van der Waals surface area contributed by atoms with Crippen molar-refractivity contribution in [2.75, 3.05) is 5.32 Å². The van der Waals surface area contributed by atoms with Crippen LogP contribution >= 0.6 is 0 Å². The third kappa shape index (κ3) is 5.60. The molecule has 1 atom stereocenters. The SMILES string of the molecule is CC(O)CCC(=O)Nc1ccc(OC(F)F)c(F)c1. The fraction of sp³-hybridized carbons (Fsp3) is 0.417. The minimum absolute atomic E-state index is 0.0779. The highest BCUT2D eigenvalue weighted by Gasteiger charge is 2.11. The van der Waals surface area contributed by atoms with Crippen molar-refractivity contribution in [1.82, 2.24) is 0 Å². The number of ether oxygens (including phenoxy) is 1. The van der Waals surface area contributed by atoms with Crippen LogP contribution in [0, 0.1) is 5.82 Å². The monoisotopic (exact) mass is 277 g/mol. The maximum atomic E-state index is 13.3. The topological polar surface area (TPSA) is 58.6 Å². The van der Waals surface area contributed by atoms with E-state index in [1.165, 1.54) is 6.07 Å². The van der Waals surface area contributed by atoms with Gasteiger partial charge in [-0.3, -0.25) is 4.79 Å². The van der Waals surface area contributed by atoms with Crippen molar-refractivity contribution in [1.29, 1.82) is 0 Å². The van der Waals surface area contributed by atoms with Crippen LogP contribution in [-0.2, 0) is 4.79 Å². The summed E-state index contributed by atoms with van der Waals surface area (Å²) < 4.78 is 41.1. The summed E-state index contributed by atoms with van der Waals surface area (Å²) in [6, 6.07) is 3.14. The van der Waals surface area contributed by atoms with Gasteiger partial charge in [-0.1, -0.05) is 0 Å². The first-order chi connectivity index (χ1) is 8.88. The van der Waals surface area contributed by atoms with Crippen LogP contribution in [0.25, 0.3) is 0 Å². The summed E-state index contributed by atoms with van der Waals surface area (Å²) in [6.45, 7) is -1.57. The number of carbonyl (C=O) groups excluding carboxylic acids is 1. The first-order valence-electron chi connectivity index (χ1n) is 5.60. The lowest BCUT2D eigenvalue weighted by Gasteiger charge is -2.09. The Morgan fingerprint density at radius 1 is 1.47 bits per heavy atom. The van der Waals surface area contributed by atoms with E-state index in [-0.39, 0.29) is 18.5 Å². The Morgan fingerprint density at radius 2 is 2.16 bits per heavy atom. The lowest BCUT2D eigenvalue weighted by molar-refractivity contribution is -0.116. The molecule has 106 valence electrons. The summed E-state index contributed by atoms with van der Waals surface area (Å²) in [6.07, 6.45) is -0.251. The van der Waals surface area contributed by atoms with E-state index in [0.717, 1.165) is 12.1 Å². The molecule has 19 heavy (non-hydrogen) atoms. The van der Waals surface area contributed by atoms with Crippen molar-refractivity contribution in [3.8, 4) is 5.75 Å². The van der Waals surface area contributed by atoms with Gasteiger partial charge in [0.15, 0.2) is 11.6 Å². The maximum absolute atomic E-state index is 13.3. The second-order valence-corrected chi connectivity index (χ2v) is 3.96. The van der Waals surface area contributed by atoms with Gasteiger partial charge in [-0.25, -0.2) is 4.39 Å². The Bertz CT molecular complexity index is 438. The molecule has 0 heterocycles. The van der Waals surface area contributed by atoms with Crippen molar-refractivity contribution < 1.29 is 27.8 Å². The van der Waals surface area contributed by atoms with Crippen LogP contribution in [0.2, 0.25) is 0 Å². The number of benzene rings is 1. The summed E-state index contributed by atoms with van der Waals surface area (Å²) in [7, 11) is 0. The Labute approximate surface area is 108 Å². The number of hydrogen-bond acceptors (Lipinski definition) is 3. The number of aliphatic hydroxyl groups is 1. The van der Waals surface area contributed by atoms with Crippen molar-refractivity contribution in [2.45, 2.75) is 32.5 Å². The van der Waals surface area contributed by atoms with E-state index in [9.17, 15) is 18.0 Å². The number of nitrogens with one attached hydrogen (secondary N) is 1. The van der Waals surface area contributed by atoms with E-state index < -0.39 is 30.2 Å². The number of halogens is 3. The molecular formula is C12H14F3NO3. The number of amides is 1. The van der Waals surface area contributed by atoms with Crippen LogP contribution in [0.4, 0.5) is 18.9 Å². The van der Waals surface area contributed by atoms with Crippen LogP contribution in [0.1, 0.15) is 19.8 Å². The lowest BCUT2D eigenvalue weighted by Crippen LogP contribution is -2.14. The number of aliphatic hydroxyl groups excluding tert-OH is 1. The van der Waals surface area contributed by atoms with Gasteiger partial charge in [0.1, 0.15) is 0 Å². The van der Waals surface area contributed by atoms with Crippen LogP contribution in [-0.4, -0.2) is 23.7 Å². The Kier molecular flexibility index (Phi) is 5.62. The molecule has 0 aromatic heterocycles. The van der Waals surface area contributed by atoms with Crippen LogP contribution in [0.3, 0.4) is 0 Å². The zero-order valence-electron chi connectivity index (χ0n) is 10.2. The molecule has 1 aromatic carbocycles. The zero-order valence-corrected chi connectivity index (χ0v) is 10.2. The van der Waals surface area contributed by atoms with Gasteiger partial charge in [-0.15, -0.1) is 0 Å². The third-order valence-electron chi connectivity index (χ3n) is 2.22. The van der Waals surface area contributed by atoms with Crippen molar-refractivity contribution >= 4 is 11.6 Å². The van der Waals surface area contributed by atoms with Crippen molar-refractivity contribution in [3.63, 3.8) is 0 Å². The molecule has 0 fully saturated rings. The highest BCUT2D eigenvalue weighted by atomic mass is 19.3. The van der Waals surface area contributed by atoms with E-state index in [4.69, 9.17) is 5.11 Å². The smallest absolute Gasteiger partial charge is 0.387 e. The predicted molar refractivity (Wildman–Crippen MR) is 62.6 cm³/mol. The molecule has 0 aliphatic carbocycles. The van der Waals surface area contributed by atoms with Crippen molar-refractivity contribution in [2.24, 2.45) is 0 Å². The van der Waals surface area contributed by atoms with Gasteiger partial charge >= 0.3 is 6.61 Å². The van der Waals surface area contributed by atoms with E-state index in [1.807, 2.05) is 0 Å². The van der Waals surface area contributed by atoms with Crippen molar-refractivity contribution in [3.05, 3.63) is 24.0 Å². The summed E-state index contributed by atoms with van der Waals surface area (Å²) in [5.41, 5.74) is 0.134. The number of anilines is 1. The summed E-state index contributed by atoms with van der Waals surface area (Å²) in [4.78, 5) is 11.4. The van der Waals surface area contributed by atoms with Crippen LogP contribution in [0.15, 0.2) is 18.2 Å². The summed E-state index contributed by atoms with van der Waals surface area (Å²) in [5.74, 6) is -1.98. The largest absolute Gasteiger partial charge is 0.432 e. The molecule has 1 amide bonds. The van der Waals surface area contributed by atoms with Crippen LogP contribution < -0.4 is 10.1 Å². The molecule has 0 aliphatic rings. The van der Waals surface area contributed by atoms with E-state index in [2.05, 4.69) is 10.1 Å². The number of rotatable bonds is 6. The normalized spacial score (nSPS) is 12.3. The molecule has 7 heteroatoms. The average Bonchev–Trinajstić information content (AvgIpc) is 2.29. The Hall–Kier alpha value is -1.76. The number of carbonyl (C=O) groups is 1. The first kappa shape index (κ1) is 15.3. The second-order valence-electron chi connectivity index (χ2n) is 3.96.